The first kappa shape index (κ1) is 18.5. The molecule has 0 saturated carbocycles. The topological polar surface area (TPSA) is 58.2 Å². The zero-order chi connectivity index (χ0) is 15.6. The number of hydrogen-bond donors (Lipinski definition) is 1. The van der Waals surface area contributed by atoms with Gasteiger partial charge >= 0.3 is 6.09 Å². The van der Waals surface area contributed by atoms with Crippen LogP contribution in [0.3, 0.4) is 0 Å². The molecule has 0 aromatic carbocycles. The van der Waals surface area contributed by atoms with Gasteiger partial charge in [-0.15, -0.1) is 0 Å². The van der Waals surface area contributed by atoms with Crippen molar-refractivity contribution in [3.63, 3.8) is 0 Å². The molecule has 0 radical (unpaired) electrons. The fourth-order valence-electron chi connectivity index (χ4n) is 1.64. The lowest BCUT2D eigenvalue weighted by molar-refractivity contribution is 0.0289. The SMILES string of the molecule is CC.CC1CCN(C(=O)OC(C)(C)C)C1.c1c[nH]cn1. The number of nitrogens with one attached hydrogen (secondary N) is 1. The standard InChI is InChI=1S/C10H19NO2.C3H4N2.C2H6/c1-8-5-6-11(7-8)9(12)13-10(2,3)4;1-2-5-3-4-1;1-2/h8H,5-7H2,1-4H3;1-3H,(H,4,5);1-2H3. The highest BCUT2D eigenvalue weighted by Gasteiger charge is 2.27. The van der Waals surface area contributed by atoms with Crippen LogP contribution in [-0.4, -0.2) is 39.7 Å². The van der Waals surface area contributed by atoms with Gasteiger partial charge in [0.25, 0.3) is 0 Å². The third-order valence-electron chi connectivity index (χ3n) is 2.48. The van der Waals surface area contributed by atoms with E-state index in [2.05, 4.69) is 16.9 Å². The number of carbonyl (C=O) groups is 1. The number of aromatic amines is 1. The van der Waals surface area contributed by atoms with E-state index < -0.39 is 0 Å². The smallest absolute Gasteiger partial charge is 0.410 e. The molecule has 1 fully saturated rings. The van der Waals surface area contributed by atoms with E-state index >= 15 is 0 Å². The van der Waals surface area contributed by atoms with Gasteiger partial charge in [-0.3, -0.25) is 0 Å². The van der Waals surface area contributed by atoms with E-state index in [0.29, 0.717) is 5.92 Å². The molecule has 1 atom stereocenters. The maximum atomic E-state index is 11.5. The van der Waals surface area contributed by atoms with E-state index in [-0.39, 0.29) is 11.7 Å². The molecule has 1 aromatic heterocycles. The zero-order valence-electron chi connectivity index (χ0n) is 13.6. The van der Waals surface area contributed by atoms with Crippen molar-refractivity contribution in [1.29, 1.82) is 0 Å². The molecule has 2 rings (SSSR count). The average molecular weight is 283 g/mol. The highest BCUT2D eigenvalue weighted by atomic mass is 16.6. The molecule has 1 saturated heterocycles. The Morgan fingerprint density at radius 3 is 2.35 bits per heavy atom. The fourth-order valence-corrected chi connectivity index (χ4v) is 1.64. The molecule has 0 bridgehead atoms. The summed E-state index contributed by atoms with van der Waals surface area (Å²) in [5.41, 5.74) is -0.372. The first-order valence-corrected chi connectivity index (χ1v) is 7.29. The van der Waals surface area contributed by atoms with E-state index in [0.717, 1.165) is 19.5 Å². The summed E-state index contributed by atoms with van der Waals surface area (Å²) in [6, 6.07) is 0. The van der Waals surface area contributed by atoms with E-state index in [1.54, 1.807) is 23.6 Å². The summed E-state index contributed by atoms with van der Waals surface area (Å²) in [4.78, 5) is 19.7. The van der Waals surface area contributed by atoms with Crippen LogP contribution in [0.1, 0.15) is 48.0 Å². The number of aromatic nitrogens is 2. The number of nitrogens with zero attached hydrogens (tertiary/aromatic N) is 2. The lowest BCUT2D eigenvalue weighted by atomic mass is 10.2. The minimum absolute atomic E-state index is 0.170. The summed E-state index contributed by atoms with van der Waals surface area (Å²) in [5.74, 6) is 0.618. The van der Waals surface area contributed by atoms with Crippen LogP contribution in [0, 0.1) is 5.92 Å². The van der Waals surface area contributed by atoms with Gasteiger partial charge in [0.05, 0.1) is 6.33 Å². The zero-order valence-corrected chi connectivity index (χ0v) is 13.6. The Bertz CT molecular complexity index is 327. The number of rotatable bonds is 0. The first-order valence-electron chi connectivity index (χ1n) is 7.29. The molecule has 1 aliphatic heterocycles. The van der Waals surface area contributed by atoms with Gasteiger partial charge < -0.3 is 14.6 Å². The van der Waals surface area contributed by atoms with Crippen molar-refractivity contribution in [3.8, 4) is 0 Å². The minimum atomic E-state index is -0.372. The summed E-state index contributed by atoms with van der Waals surface area (Å²) in [5, 5.41) is 0. The van der Waals surface area contributed by atoms with Gasteiger partial charge in [0.1, 0.15) is 5.60 Å². The van der Waals surface area contributed by atoms with Crippen molar-refractivity contribution in [2.45, 2.75) is 53.6 Å². The van der Waals surface area contributed by atoms with Crippen molar-refractivity contribution >= 4 is 6.09 Å². The van der Waals surface area contributed by atoms with Crippen molar-refractivity contribution in [1.82, 2.24) is 14.9 Å². The molecule has 20 heavy (non-hydrogen) atoms. The molecular weight excluding hydrogens is 254 g/mol. The maximum Gasteiger partial charge on any atom is 0.410 e. The quantitative estimate of drug-likeness (QED) is 0.789. The van der Waals surface area contributed by atoms with Gasteiger partial charge in [0.15, 0.2) is 0 Å². The summed E-state index contributed by atoms with van der Waals surface area (Å²) >= 11 is 0. The van der Waals surface area contributed by atoms with Crippen molar-refractivity contribution in [2.75, 3.05) is 13.1 Å². The second-order valence-electron chi connectivity index (χ2n) is 5.58. The molecule has 1 aliphatic rings. The van der Waals surface area contributed by atoms with E-state index in [1.807, 2.05) is 34.6 Å². The number of amides is 1. The number of hydrogen-bond acceptors (Lipinski definition) is 3. The normalized spacial score (nSPS) is 17.5. The molecule has 5 heteroatoms. The highest BCUT2D eigenvalue weighted by molar-refractivity contribution is 5.68. The molecule has 1 unspecified atom stereocenters. The summed E-state index contributed by atoms with van der Waals surface area (Å²) in [6.07, 6.45) is 6.01. The van der Waals surface area contributed by atoms with Crippen LogP contribution >= 0.6 is 0 Å². The Morgan fingerprint density at radius 1 is 1.40 bits per heavy atom. The third kappa shape index (κ3) is 8.56. The molecule has 0 spiro atoms. The fraction of sp³-hybridized carbons (Fsp3) is 0.733. The van der Waals surface area contributed by atoms with Crippen LogP contribution in [0.15, 0.2) is 18.7 Å². The molecule has 0 aliphatic carbocycles. The lowest BCUT2D eigenvalue weighted by Crippen LogP contribution is -2.35. The van der Waals surface area contributed by atoms with Crippen molar-refractivity contribution in [2.24, 2.45) is 5.92 Å². The Hall–Kier alpha value is -1.52. The van der Waals surface area contributed by atoms with Crippen LogP contribution in [0.25, 0.3) is 0 Å². The second kappa shape index (κ2) is 9.39. The summed E-state index contributed by atoms with van der Waals surface area (Å²) < 4.78 is 5.26. The first-order chi connectivity index (χ1) is 9.38. The van der Waals surface area contributed by atoms with Gasteiger partial charge in [-0.05, 0) is 33.1 Å². The van der Waals surface area contributed by atoms with Crippen LogP contribution in [0.2, 0.25) is 0 Å². The van der Waals surface area contributed by atoms with Gasteiger partial charge in [-0.2, -0.15) is 0 Å². The Labute approximate surface area is 122 Å². The van der Waals surface area contributed by atoms with Crippen LogP contribution < -0.4 is 0 Å². The van der Waals surface area contributed by atoms with E-state index in [1.165, 1.54) is 0 Å². The van der Waals surface area contributed by atoms with Crippen LogP contribution in [0.5, 0.6) is 0 Å². The number of likely N-dealkylation sites (tertiary alicyclic amines) is 1. The molecule has 1 N–H and O–H groups in total. The monoisotopic (exact) mass is 283 g/mol. The number of carbonyl (C=O) groups excluding carboxylic acids is 1. The van der Waals surface area contributed by atoms with E-state index in [9.17, 15) is 4.79 Å². The third-order valence-corrected chi connectivity index (χ3v) is 2.48. The molecule has 1 amide bonds. The summed E-state index contributed by atoms with van der Waals surface area (Å²) in [7, 11) is 0. The van der Waals surface area contributed by atoms with Crippen molar-refractivity contribution in [3.05, 3.63) is 18.7 Å². The summed E-state index contributed by atoms with van der Waals surface area (Å²) in [6.45, 7) is 13.5. The van der Waals surface area contributed by atoms with E-state index in [4.69, 9.17) is 4.74 Å². The number of imidazole rings is 1. The van der Waals surface area contributed by atoms with Gasteiger partial charge in [-0.1, -0.05) is 20.8 Å². The molecule has 5 nitrogen and oxygen atoms in total. The lowest BCUT2D eigenvalue weighted by Gasteiger charge is -2.24. The predicted molar refractivity (Wildman–Crippen MR) is 81.5 cm³/mol. The largest absolute Gasteiger partial charge is 0.444 e. The van der Waals surface area contributed by atoms with Gasteiger partial charge in [0.2, 0.25) is 0 Å². The maximum absolute atomic E-state index is 11.5. The van der Waals surface area contributed by atoms with Crippen molar-refractivity contribution < 1.29 is 9.53 Å². The number of ether oxygens (including phenoxy) is 1. The predicted octanol–water partition coefficient (Wildman–Crippen LogP) is 3.70. The Kier molecular flexibility index (Phi) is 8.68. The molecular formula is C15H29N3O2. The average Bonchev–Trinajstić information content (AvgIpc) is 3.02. The Balaban J connectivity index is 0.000000427. The van der Waals surface area contributed by atoms with Crippen LogP contribution in [0.4, 0.5) is 4.79 Å². The molecule has 116 valence electrons. The number of H-pyrrole nitrogens is 1. The van der Waals surface area contributed by atoms with Gasteiger partial charge in [0, 0.05) is 25.5 Å². The second-order valence-corrected chi connectivity index (χ2v) is 5.58. The minimum Gasteiger partial charge on any atom is -0.444 e. The molecule has 2 heterocycles. The highest BCUT2D eigenvalue weighted by Crippen LogP contribution is 2.18. The van der Waals surface area contributed by atoms with Gasteiger partial charge in [-0.25, -0.2) is 9.78 Å². The Morgan fingerprint density at radius 2 is 2.05 bits per heavy atom. The van der Waals surface area contributed by atoms with Crippen LogP contribution in [-0.2, 0) is 4.74 Å². The molecule has 1 aromatic rings.